The number of benzene rings is 2. The maximum atomic E-state index is 13.1. The van der Waals surface area contributed by atoms with Crippen LogP contribution >= 0.6 is 0 Å². The van der Waals surface area contributed by atoms with Crippen LogP contribution in [0.4, 0.5) is 4.79 Å². The van der Waals surface area contributed by atoms with E-state index in [1.165, 1.54) is 11.1 Å². The zero-order valence-electron chi connectivity index (χ0n) is 19.7. The molecule has 3 atom stereocenters. The van der Waals surface area contributed by atoms with E-state index in [0.717, 1.165) is 43.2 Å². The van der Waals surface area contributed by atoms with Crippen molar-refractivity contribution in [3.63, 3.8) is 0 Å². The second kappa shape index (κ2) is 10.1. The lowest BCUT2D eigenvalue weighted by Crippen LogP contribution is -2.54. The molecule has 184 valence electrons. The van der Waals surface area contributed by atoms with Gasteiger partial charge in [-0.25, -0.2) is 4.79 Å². The molecule has 3 aliphatic carbocycles. The summed E-state index contributed by atoms with van der Waals surface area (Å²) in [4.78, 5) is 36.9. The molecule has 3 aliphatic rings. The minimum Gasteiger partial charge on any atom is -0.481 e. The standard InChI is InChI=1S/C28H32N2O5/c31-25(32)15-17-12-13-19(14-17)29-27(33)26(18-6-5-7-18)30-28(34)35-16-24-22-10-3-1-8-20(22)21-9-2-4-11-23(21)24/h1-4,8-11,17-19,24,26H,5-7,12-16H2,(H,29,33)(H,30,34)(H,31,32). The normalized spacial score (nSPS) is 21.9. The summed E-state index contributed by atoms with van der Waals surface area (Å²) in [5.74, 6) is -0.828. The van der Waals surface area contributed by atoms with Crippen molar-refractivity contribution in [1.29, 1.82) is 0 Å². The second-order valence-electron chi connectivity index (χ2n) is 10.1. The summed E-state index contributed by atoms with van der Waals surface area (Å²) < 4.78 is 5.67. The van der Waals surface area contributed by atoms with Gasteiger partial charge < -0.3 is 20.5 Å². The van der Waals surface area contributed by atoms with Gasteiger partial charge in [0.2, 0.25) is 5.91 Å². The van der Waals surface area contributed by atoms with Crippen molar-refractivity contribution in [2.45, 2.75) is 62.9 Å². The topological polar surface area (TPSA) is 105 Å². The van der Waals surface area contributed by atoms with Crippen LogP contribution < -0.4 is 10.6 Å². The molecule has 2 aromatic rings. The number of ether oxygens (including phenoxy) is 1. The summed E-state index contributed by atoms with van der Waals surface area (Å²) in [5.41, 5.74) is 4.63. The molecular weight excluding hydrogens is 444 g/mol. The molecule has 0 spiro atoms. The van der Waals surface area contributed by atoms with Crippen molar-refractivity contribution in [3.8, 4) is 11.1 Å². The molecule has 2 fully saturated rings. The predicted molar refractivity (Wildman–Crippen MR) is 131 cm³/mol. The molecule has 0 aliphatic heterocycles. The number of aliphatic carboxylic acids is 1. The molecule has 7 heteroatoms. The number of hydrogen-bond donors (Lipinski definition) is 3. The number of carboxylic acids is 1. The first-order chi connectivity index (χ1) is 17.0. The molecule has 5 rings (SSSR count). The molecule has 0 bridgehead atoms. The van der Waals surface area contributed by atoms with Gasteiger partial charge in [-0.15, -0.1) is 0 Å². The first-order valence-corrected chi connectivity index (χ1v) is 12.6. The Labute approximate surface area is 205 Å². The van der Waals surface area contributed by atoms with E-state index >= 15 is 0 Å². The molecule has 35 heavy (non-hydrogen) atoms. The monoisotopic (exact) mass is 476 g/mol. The highest BCUT2D eigenvalue weighted by Gasteiger charge is 2.37. The van der Waals surface area contributed by atoms with Gasteiger partial charge in [0.1, 0.15) is 12.6 Å². The largest absolute Gasteiger partial charge is 0.481 e. The van der Waals surface area contributed by atoms with E-state index in [4.69, 9.17) is 9.84 Å². The highest BCUT2D eigenvalue weighted by molar-refractivity contribution is 5.86. The van der Waals surface area contributed by atoms with Crippen LogP contribution in [0.2, 0.25) is 0 Å². The lowest BCUT2D eigenvalue weighted by Gasteiger charge is -2.33. The minimum atomic E-state index is -0.800. The number of carbonyl (C=O) groups is 3. The van der Waals surface area contributed by atoms with E-state index in [1.807, 2.05) is 24.3 Å². The van der Waals surface area contributed by atoms with Gasteiger partial charge in [0.15, 0.2) is 0 Å². The molecule has 3 N–H and O–H groups in total. The summed E-state index contributed by atoms with van der Waals surface area (Å²) in [6.45, 7) is 0.207. The van der Waals surface area contributed by atoms with Gasteiger partial charge in [0.05, 0.1) is 0 Å². The Balaban J connectivity index is 1.19. The lowest BCUT2D eigenvalue weighted by atomic mass is 9.79. The first-order valence-electron chi connectivity index (χ1n) is 12.6. The fourth-order valence-corrected chi connectivity index (χ4v) is 5.87. The first kappa shape index (κ1) is 23.4. The molecule has 0 heterocycles. The van der Waals surface area contributed by atoms with E-state index in [9.17, 15) is 14.4 Å². The minimum absolute atomic E-state index is 0.0335. The van der Waals surface area contributed by atoms with E-state index in [2.05, 4.69) is 34.9 Å². The summed E-state index contributed by atoms with van der Waals surface area (Å²) in [5, 5.41) is 14.9. The van der Waals surface area contributed by atoms with Crippen molar-refractivity contribution < 1.29 is 24.2 Å². The summed E-state index contributed by atoms with van der Waals surface area (Å²) >= 11 is 0. The van der Waals surface area contributed by atoms with Gasteiger partial charge >= 0.3 is 12.1 Å². The summed E-state index contributed by atoms with van der Waals surface area (Å²) in [7, 11) is 0. The Morgan fingerprint density at radius 3 is 2.20 bits per heavy atom. The van der Waals surface area contributed by atoms with Gasteiger partial charge in [-0.1, -0.05) is 55.0 Å². The highest BCUT2D eigenvalue weighted by Crippen LogP contribution is 2.44. The fourth-order valence-electron chi connectivity index (χ4n) is 5.87. The predicted octanol–water partition coefficient (Wildman–Crippen LogP) is 4.45. The van der Waals surface area contributed by atoms with Gasteiger partial charge in [0, 0.05) is 18.4 Å². The van der Waals surface area contributed by atoms with E-state index in [1.54, 1.807) is 0 Å². The van der Waals surface area contributed by atoms with Crippen molar-refractivity contribution in [1.82, 2.24) is 10.6 Å². The van der Waals surface area contributed by atoms with Crippen LogP contribution in [0, 0.1) is 11.8 Å². The number of hydrogen-bond acceptors (Lipinski definition) is 4. The number of alkyl carbamates (subject to hydrolysis) is 1. The Kier molecular flexibility index (Phi) is 6.75. The van der Waals surface area contributed by atoms with Crippen LogP contribution in [-0.4, -0.2) is 41.8 Å². The molecule has 3 unspecified atom stereocenters. The number of rotatable bonds is 8. The van der Waals surface area contributed by atoms with Crippen LogP contribution in [0.1, 0.15) is 62.0 Å². The van der Waals surface area contributed by atoms with Crippen molar-refractivity contribution in [2.24, 2.45) is 11.8 Å². The van der Waals surface area contributed by atoms with Crippen LogP contribution in [-0.2, 0) is 14.3 Å². The highest BCUT2D eigenvalue weighted by atomic mass is 16.5. The molecule has 0 aromatic heterocycles. The molecule has 0 radical (unpaired) electrons. The molecule has 0 saturated heterocycles. The third-order valence-corrected chi connectivity index (χ3v) is 7.87. The fraction of sp³-hybridized carbons (Fsp3) is 0.464. The second-order valence-corrected chi connectivity index (χ2v) is 10.1. The molecule has 7 nitrogen and oxygen atoms in total. The average molecular weight is 477 g/mol. The Hall–Kier alpha value is -3.35. The maximum Gasteiger partial charge on any atom is 0.407 e. The smallest absolute Gasteiger partial charge is 0.407 e. The Morgan fingerprint density at radius 2 is 1.60 bits per heavy atom. The summed E-state index contributed by atoms with van der Waals surface area (Å²) in [6, 6.07) is 15.7. The quantitative estimate of drug-likeness (QED) is 0.522. The average Bonchev–Trinajstić information content (AvgIpc) is 3.37. The third-order valence-electron chi connectivity index (χ3n) is 7.87. The van der Waals surface area contributed by atoms with Gasteiger partial charge in [0.25, 0.3) is 0 Å². The van der Waals surface area contributed by atoms with Crippen LogP contribution in [0.3, 0.4) is 0 Å². The van der Waals surface area contributed by atoms with Crippen molar-refractivity contribution in [3.05, 3.63) is 59.7 Å². The van der Waals surface area contributed by atoms with Gasteiger partial charge in [-0.3, -0.25) is 9.59 Å². The summed E-state index contributed by atoms with van der Waals surface area (Å²) in [6.07, 6.45) is 4.63. The lowest BCUT2D eigenvalue weighted by molar-refractivity contribution is -0.138. The number of carbonyl (C=O) groups excluding carboxylic acids is 2. The molecule has 2 aromatic carbocycles. The van der Waals surface area contributed by atoms with E-state index in [-0.39, 0.29) is 42.7 Å². The Morgan fingerprint density at radius 1 is 0.943 bits per heavy atom. The van der Waals surface area contributed by atoms with E-state index in [0.29, 0.717) is 6.42 Å². The van der Waals surface area contributed by atoms with Gasteiger partial charge in [-0.05, 0) is 66.2 Å². The van der Waals surface area contributed by atoms with Crippen LogP contribution in [0.15, 0.2) is 48.5 Å². The number of carboxylic acid groups (broad SMARTS) is 1. The van der Waals surface area contributed by atoms with Crippen LogP contribution in [0.5, 0.6) is 0 Å². The molecule has 2 amide bonds. The number of amides is 2. The zero-order chi connectivity index (χ0) is 24.4. The maximum absolute atomic E-state index is 13.1. The molecular formula is C28H32N2O5. The number of nitrogens with one attached hydrogen (secondary N) is 2. The van der Waals surface area contributed by atoms with Gasteiger partial charge in [-0.2, -0.15) is 0 Å². The third kappa shape index (κ3) is 5.04. The van der Waals surface area contributed by atoms with Crippen molar-refractivity contribution in [2.75, 3.05) is 6.61 Å². The molecule has 2 saturated carbocycles. The van der Waals surface area contributed by atoms with E-state index < -0.39 is 18.1 Å². The zero-order valence-corrected chi connectivity index (χ0v) is 19.7. The van der Waals surface area contributed by atoms with Crippen LogP contribution in [0.25, 0.3) is 11.1 Å². The SMILES string of the molecule is O=C(O)CC1CCC(NC(=O)C(NC(=O)OCC2c3ccccc3-c3ccccc32)C2CCC2)C1. The van der Waals surface area contributed by atoms with Crippen molar-refractivity contribution >= 4 is 18.0 Å². The Bertz CT molecular complexity index is 1070. The number of fused-ring (bicyclic) bond motifs is 3.